The zero-order chi connectivity index (χ0) is 21.4. The van der Waals surface area contributed by atoms with Crippen molar-refractivity contribution in [3.8, 4) is 0 Å². The number of hydrogen-bond acceptors (Lipinski definition) is 7. The smallest absolute Gasteiger partial charge is 0.0922 e. The molecule has 2 saturated heterocycles. The van der Waals surface area contributed by atoms with Gasteiger partial charge < -0.3 is 21.4 Å². The van der Waals surface area contributed by atoms with Crippen LogP contribution >= 0.6 is 0 Å². The first kappa shape index (κ1) is 20.4. The number of nitrogens with one attached hydrogen (secondary N) is 2. The van der Waals surface area contributed by atoms with Crippen LogP contribution in [0.3, 0.4) is 0 Å². The summed E-state index contributed by atoms with van der Waals surface area (Å²) in [6.45, 7) is 3.00. The van der Waals surface area contributed by atoms with E-state index in [2.05, 4.69) is 45.3 Å². The van der Waals surface area contributed by atoms with Gasteiger partial charge in [-0.1, -0.05) is 0 Å². The highest BCUT2D eigenvalue weighted by Crippen LogP contribution is 2.34. The summed E-state index contributed by atoms with van der Waals surface area (Å²) < 4.78 is 0. The van der Waals surface area contributed by atoms with E-state index in [0.29, 0.717) is 18.1 Å². The number of nitrogens with two attached hydrogens (primary N) is 1. The standard InChI is InChI=1S/C24H33N7/c1-30-14-21-9-20(30)15-31(21)19-4-5-22-23(10-19)29-24(13-28-22)17(11-26)12-27-18-7-16(8-18)3-2-6-25/h4-5,10-13,16,18,20-21,26-27H,2-3,6-9,14-15,25H2,1H3/b17-12+,26-11?. The summed E-state index contributed by atoms with van der Waals surface area (Å²) in [7, 11) is 2.23. The summed E-state index contributed by atoms with van der Waals surface area (Å²) in [6, 6.07) is 8.15. The van der Waals surface area contributed by atoms with Crippen molar-refractivity contribution in [1.29, 1.82) is 5.41 Å². The van der Waals surface area contributed by atoms with E-state index < -0.39 is 0 Å². The third-order valence-corrected chi connectivity index (χ3v) is 7.35. The number of piperazine rings is 1. The van der Waals surface area contributed by atoms with Crippen LogP contribution in [0.2, 0.25) is 0 Å². The molecule has 164 valence electrons. The van der Waals surface area contributed by atoms with Gasteiger partial charge in [0.1, 0.15) is 0 Å². The van der Waals surface area contributed by atoms with Gasteiger partial charge in [-0.25, -0.2) is 4.98 Å². The number of nitrogens with zero attached hydrogens (tertiary/aromatic N) is 4. The van der Waals surface area contributed by atoms with Gasteiger partial charge in [0.15, 0.2) is 0 Å². The number of rotatable bonds is 8. The second-order valence-electron chi connectivity index (χ2n) is 9.44. The molecule has 2 atom stereocenters. The van der Waals surface area contributed by atoms with Crippen molar-refractivity contribution in [2.45, 2.75) is 50.2 Å². The van der Waals surface area contributed by atoms with Crippen molar-refractivity contribution < 1.29 is 0 Å². The Hall–Kier alpha value is -2.51. The van der Waals surface area contributed by atoms with E-state index in [1.165, 1.54) is 37.6 Å². The molecular weight excluding hydrogens is 386 g/mol. The molecule has 3 heterocycles. The van der Waals surface area contributed by atoms with Crippen LogP contribution in [0.5, 0.6) is 0 Å². The fourth-order valence-corrected chi connectivity index (χ4v) is 5.41. The van der Waals surface area contributed by atoms with Crippen molar-refractivity contribution in [2.24, 2.45) is 11.7 Å². The SMILES string of the molecule is CN1CC2CC1CN2c1ccc2ncc(/C(C=N)=C/NC3CC(CCCN)C3)nc2c1. The third-order valence-electron chi connectivity index (χ3n) is 7.35. The Morgan fingerprint density at radius 3 is 2.81 bits per heavy atom. The lowest BCUT2D eigenvalue weighted by molar-refractivity contribution is 0.223. The van der Waals surface area contributed by atoms with E-state index >= 15 is 0 Å². The van der Waals surface area contributed by atoms with Crippen LogP contribution in [0.25, 0.3) is 16.6 Å². The number of aromatic nitrogens is 2. The van der Waals surface area contributed by atoms with Crippen LogP contribution in [0.1, 0.15) is 37.8 Å². The summed E-state index contributed by atoms with van der Waals surface area (Å²) in [6.07, 6.45) is 11.0. The van der Waals surface area contributed by atoms with E-state index in [1.807, 2.05) is 6.20 Å². The van der Waals surface area contributed by atoms with Crippen molar-refractivity contribution >= 4 is 28.5 Å². The highest BCUT2D eigenvalue weighted by Gasteiger charge is 2.41. The van der Waals surface area contributed by atoms with Gasteiger partial charge in [-0.05, 0) is 69.8 Å². The minimum Gasteiger partial charge on any atom is -0.388 e. The van der Waals surface area contributed by atoms with Crippen LogP contribution in [-0.4, -0.2) is 65.9 Å². The van der Waals surface area contributed by atoms with Gasteiger partial charge in [0.25, 0.3) is 0 Å². The highest BCUT2D eigenvalue weighted by atomic mass is 15.3. The topological polar surface area (TPSA) is 94.2 Å². The van der Waals surface area contributed by atoms with Crippen molar-refractivity contribution in [1.82, 2.24) is 20.2 Å². The molecule has 2 bridgehead atoms. The number of fused-ring (bicyclic) bond motifs is 3. The molecule has 7 heteroatoms. The average Bonchev–Trinajstić information content (AvgIpc) is 3.34. The Labute approximate surface area is 184 Å². The van der Waals surface area contributed by atoms with Gasteiger partial charge in [0, 0.05) is 54.9 Å². The number of anilines is 1. The molecule has 31 heavy (non-hydrogen) atoms. The lowest BCUT2D eigenvalue weighted by atomic mass is 9.77. The summed E-state index contributed by atoms with van der Waals surface area (Å²) in [5, 5.41) is 11.4. The first-order valence-corrected chi connectivity index (χ1v) is 11.6. The van der Waals surface area contributed by atoms with Gasteiger partial charge in [-0.3, -0.25) is 9.88 Å². The predicted molar refractivity (Wildman–Crippen MR) is 126 cm³/mol. The van der Waals surface area contributed by atoms with Crippen molar-refractivity contribution in [3.05, 3.63) is 36.3 Å². The van der Waals surface area contributed by atoms with E-state index in [4.69, 9.17) is 16.1 Å². The molecule has 3 fully saturated rings. The van der Waals surface area contributed by atoms with E-state index in [1.54, 1.807) is 6.20 Å². The number of benzene rings is 1. The number of likely N-dealkylation sites (N-methyl/N-ethyl adjacent to an activating group) is 1. The quantitative estimate of drug-likeness (QED) is 0.570. The summed E-state index contributed by atoms with van der Waals surface area (Å²) in [5.41, 5.74) is 10.1. The van der Waals surface area contributed by atoms with Crippen LogP contribution in [0.15, 0.2) is 30.6 Å². The molecule has 1 aliphatic carbocycles. The van der Waals surface area contributed by atoms with Crippen LogP contribution in [0, 0.1) is 11.3 Å². The maximum Gasteiger partial charge on any atom is 0.0922 e. The summed E-state index contributed by atoms with van der Waals surface area (Å²) in [4.78, 5) is 14.5. The van der Waals surface area contributed by atoms with E-state index in [-0.39, 0.29) is 0 Å². The molecule has 7 nitrogen and oxygen atoms in total. The lowest BCUT2D eigenvalue weighted by Crippen LogP contribution is -2.44. The third kappa shape index (κ3) is 4.04. The Morgan fingerprint density at radius 1 is 1.23 bits per heavy atom. The zero-order valence-corrected chi connectivity index (χ0v) is 18.3. The normalized spacial score (nSPS) is 28.2. The minimum absolute atomic E-state index is 0.487. The molecule has 0 amide bonds. The van der Waals surface area contributed by atoms with E-state index in [0.717, 1.165) is 54.3 Å². The second-order valence-corrected chi connectivity index (χ2v) is 9.44. The van der Waals surface area contributed by atoms with Crippen LogP contribution in [-0.2, 0) is 0 Å². The molecule has 2 aromatic rings. The molecule has 1 aromatic carbocycles. The summed E-state index contributed by atoms with van der Waals surface area (Å²) in [5.74, 6) is 0.789. The Balaban J connectivity index is 1.29. The Kier molecular flexibility index (Phi) is 5.63. The van der Waals surface area contributed by atoms with Gasteiger partial charge in [-0.15, -0.1) is 0 Å². The molecular formula is C24H33N7. The zero-order valence-electron chi connectivity index (χ0n) is 18.3. The van der Waals surface area contributed by atoms with Crippen LogP contribution < -0.4 is 16.0 Å². The summed E-state index contributed by atoms with van der Waals surface area (Å²) >= 11 is 0. The van der Waals surface area contributed by atoms with Gasteiger partial charge >= 0.3 is 0 Å². The van der Waals surface area contributed by atoms with Crippen molar-refractivity contribution in [3.63, 3.8) is 0 Å². The molecule has 2 unspecified atom stereocenters. The molecule has 4 N–H and O–H groups in total. The monoisotopic (exact) mass is 419 g/mol. The molecule has 1 aromatic heterocycles. The molecule has 5 rings (SSSR count). The molecule has 0 radical (unpaired) electrons. The number of allylic oxidation sites excluding steroid dienone is 1. The first-order valence-electron chi connectivity index (χ1n) is 11.6. The average molecular weight is 420 g/mol. The first-order chi connectivity index (χ1) is 15.1. The maximum absolute atomic E-state index is 7.88. The molecule has 0 spiro atoms. The van der Waals surface area contributed by atoms with Gasteiger partial charge in [0.2, 0.25) is 0 Å². The second kappa shape index (κ2) is 8.55. The predicted octanol–water partition coefficient (Wildman–Crippen LogP) is 2.62. The number of likely N-dealkylation sites (tertiary alicyclic amines) is 1. The number of hydrogen-bond donors (Lipinski definition) is 3. The fourth-order valence-electron chi connectivity index (χ4n) is 5.41. The highest BCUT2D eigenvalue weighted by molar-refractivity contribution is 6.07. The largest absolute Gasteiger partial charge is 0.388 e. The van der Waals surface area contributed by atoms with Gasteiger partial charge in [-0.2, -0.15) is 0 Å². The molecule has 2 aliphatic heterocycles. The molecule has 3 aliphatic rings. The van der Waals surface area contributed by atoms with Crippen molar-refractivity contribution in [2.75, 3.05) is 31.6 Å². The fraction of sp³-hybridized carbons (Fsp3) is 0.542. The Morgan fingerprint density at radius 2 is 2.10 bits per heavy atom. The van der Waals surface area contributed by atoms with Gasteiger partial charge in [0.05, 0.1) is 22.9 Å². The maximum atomic E-state index is 7.88. The van der Waals surface area contributed by atoms with E-state index in [9.17, 15) is 0 Å². The molecule has 1 saturated carbocycles. The Bertz CT molecular complexity index is 979. The minimum atomic E-state index is 0.487. The lowest BCUT2D eigenvalue weighted by Gasteiger charge is -2.35. The van der Waals surface area contributed by atoms with Crippen LogP contribution in [0.4, 0.5) is 5.69 Å².